The zero-order valence-electron chi connectivity index (χ0n) is 17.2. The Morgan fingerprint density at radius 3 is 2.71 bits per heavy atom. The molecule has 8 heteroatoms. The van der Waals surface area contributed by atoms with Crippen LogP contribution >= 0.6 is 0 Å². The van der Waals surface area contributed by atoms with Gasteiger partial charge in [-0.25, -0.2) is 9.67 Å². The number of amides is 1. The topological polar surface area (TPSA) is 95.9 Å². The second kappa shape index (κ2) is 8.31. The fourth-order valence-corrected chi connectivity index (χ4v) is 4.17. The van der Waals surface area contributed by atoms with Gasteiger partial charge in [-0.15, -0.1) is 0 Å². The molecule has 0 saturated carbocycles. The molecule has 158 valence electrons. The molecule has 0 aliphatic carbocycles. The number of hydrogen-bond donors (Lipinski definition) is 2. The predicted octanol–water partition coefficient (Wildman–Crippen LogP) is 2.30. The fraction of sp³-hybridized carbons (Fsp3) is 0.304. The van der Waals surface area contributed by atoms with Gasteiger partial charge in [0.15, 0.2) is 0 Å². The maximum absolute atomic E-state index is 12.9. The highest BCUT2D eigenvalue weighted by molar-refractivity contribution is 5.97. The van der Waals surface area contributed by atoms with Gasteiger partial charge in [-0.3, -0.25) is 9.59 Å². The first-order chi connectivity index (χ1) is 15.2. The summed E-state index contributed by atoms with van der Waals surface area (Å²) in [6.07, 6.45) is 4.02. The number of carbonyl (C=O) groups excluding carboxylic acids is 1. The molecule has 1 aliphatic rings. The van der Waals surface area contributed by atoms with Gasteiger partial charge in [0, 0.05) is 17.5 Å². The number of likely N-dealkylation sites (tertiary alicyclic amines) is 1. The third kappa shape index (κ3) is 3.94. The zero-order chi connectivity index (χ0) is 21.2. The summed E-state index contributed by atoms with van der Waals surface area (Å²) >= 11 is 0. The van der Waals surface area contributed by atoms with Crippen molar-refractivity contribution < 1.29 is 4.79 Å². The molecule has 0 spiro atoms. The predicted molar refractivity (Wildman–Crippen MR) is 119 cm³/mol. The molecule has 1 amide bonds. The Hall–Kier alpha value is -3.52. The van der Waals surface area contributed by atoms with E-state index in [9.17, 15) is 9.59 Å². The van der Waals surface area contributed by atoms with Gasteiger partial charge in [-0.1, -0.05) is 18.2 Å². The van der Waals surface area contributed by atoms with E-state index < -0.39 is 0 Å². The summed E-state index contributed by atoms with van der Waals surface area (Å²) in [6, 6.07) is 12.8. The average Bonchev–Trinajstić information content (AvgIpc) is 3.49. The molecular formula is C23H24N6O2. The molecule has 0 bridgehead atoms. The van der Waals surface area contributed by atoms with Crippen molar-refractivity contribution in [1.29, 1.82) is 0 Å². The molecule has 0 radical (unpaired) electrons. The van der Waals surface area contributed by atoms with E-state index in [0.29, 0.717) is 23.2 Å². The van der Waals surface area contributed by atoms with Crippen molar-refractivity contribution in [2.75, 3.05) is 19.6 Å². The van der Waals surface area contributed by atoms with Crippen molar-refractivity contribution in [3.63, 3.8) is 0 Å². The van der Waals surface area contributed by atoms with E-state index in [4.69, 9.17) is 0 Å². The number of aromatic nitrogens is 4. The van der Waals surface area contributed by atoms with Gasteiger partial charge in [-0.2, -0.15) is 5.10 Å². The number of hydrogen-bond acceptors (Lipinski definition) is 5. The van der Waals surface area contributed by atoms with E-state index in [1.165, 1.54) is 12.8 Å². The van der Waals surface area contributed by atoms with Crippen LogP contribution in [0.15, 0.2) is 53.6 Å². The third-order valence-corrected chi connectivity index (χ3v) is 5.87. The van der Waals surface area contributed by atoms with Crippen molar-refractivity contribution in [1.82, 2.24) is 30.0 Å². The minimum absolute atomic E-state index is 0.0884. The summed E-state index contributed by atoms with van der Waals surface area (Å²) in [6.45, 7) is 3.74. The minimum atomic E-state index is -0.197. The summed E-state index contributed by atoms with van der Waals surface area (Å²) in [5.41, 5.74) is 2.77. The van der Waals surface area contributed by atoms with E-state index in [-0.39, 0.29) is 18.0 Å². The number of nitrogens with zero attached hydrogens (tertiary/aromatic N) is 4. The number of rotatable bonds is 6. The molecule has 0 unspecified atom stereocenters. The number of aromatic amines is 1. The van der Waals surface area contributed by atoms with Crippen LogP contribution in [0.5, 0.6) is 0 Å². The monoisotopic (exact) mass is 416 g/mol. The van der Waals surface area contributed by atoms with Crippen LogP contribution in [0.3, 0.4) is 0 Å². The second-order valence-corrected chi connectivity index (χ2v) is 7.89. The van der Waals surface area contributed by atoms with Gasteiger partial charge in [0.1, 0.15) is 0 Å². The molecule has 3 heterocycles. The Balaban J connectivity index is 1.39. The van der Waals surface area contributed by atoms with Crippen molar-refractivity contribution >= 4 is 27.7 Å². The number of benzene rings is 2. The Labute approximate surface area is 178 Å². The van der Waals surface area contributed by atoms with Gasteiger partial charge in [0.05, 0.1) is 41.5 Å². The van der Waals surface area contributed by atoms with Crippen LogP contribution in [0.25, 0.3) is 21.8 Å². The Morgan fingerprint density at radius 2 is 1.87 bits per heavy atom. The van der Waals surface area contributed by atoms with Crippen LogP contribution in [0.4, 0.5) is 0 Å². The van der Waals surface area contributed by atoms with Gasteiger partial charge in [-0.05, 0) is 50.2 Å². The molecule has 4 aromatic rings. The summed E-state index contributed by atoms with van der Waals surface area (Å²) in [4.78, 5) is 35.2. The number of imidazole rings is 1. The maximum atomic E-state index is 12.9. The van der Waals surface area contributed by atoms with Crippen molar-refractivity contribution in [2.24, 2.45) is 0 Å². The lowest BCUT2D eigenvalue weighted by Crippen LogP contribution is -2.32. The number of fused-ring (bicyclic) bond motifs is 2. The average molecular weight is 416 g/mol. The molecule has 1 aliphatic heterocycles. The molecule has 2 aromatic carbocycles. The normalized spacial score (nSPS) is 14.5. The highest BCUT2D eigenvalue weighted by Crippen LogP contribution is 2.15. The van der Waals surface area contributed by atoms with E-state index in [1.54, 1.807) is 23.1 Å². The first-order valence-corrected chi connectivity index (χ1v) is 10.6. The lowest BCUT2D eigenvalue weighted by molar-refractivity contribution is 0.0950. The molecule has 0 atom stereocenters. The Bertz CT molecular complexity index is 1300. The number of nitrogens with one attached hydrogen (secondary N) is 2. The van der Waals surface area contributed by atoms with Gasteiger partial charge in [0.2, 0.25) is 0 Å². The second-order valence-electron chi connectivity index (χ2n) is 7.89. The van der Waals surface area contributed by atoms with E-state index >= 15 is 0 Å². The Morgan fingerprint density at radius 1 is 1.06 bits per heavy atom. The number of carbonyl (C=O) groups is 1. The van der Waals surface area contributed by atoms with E-state index in [1.807, 2.05) is 30.3 Å². The summed E-state index contributed by atoms with van der Waals surface area (Å²) < 4.78 is 1.54. The summed E-state index contributed by atoms with van der Waals surface area (Å²) in [5.74, 6) is -0.197. The van der Waals surface area contributed by atoms with E-state index in [0.717, 1.165) is 36.1 Å². The quantitative estimate of drug-likeness (QED) is 0.503. The molecule has 31 heavy (non-hydrogen) atoms. The largest absolute Gasteiger partial charge is 0.346 e. The molecule has 2 aromatic heterocycles. The van der Waals surface area contributed by atoms with Crippen LogP contribution in [0.2, 0.25) is 0 Å². The molecule has 2 N–H and O–H groups in total. The van der Waals surface area contributed by atoms with Crippen molar-refractivity contribution in [3.05, 3.63) is 70.4 Å². The molecule has 5 rings (SSSR count). The SMILES string of the molecule is O=C(NCc1nn(CCN2CCCC2)c(=O)c2ccccc12)c1ccc2nc[nH]c2c1. The molecular weight excluding hydrogens is 392 g/mol. The fourth-order valence-electron chi connectivity index (χ4n) is 4.17. The maximum Gasteiger partial charge on any atom is 0.274 e. The van der Waals surface area contributed by atoms with Crippen LogP contribution < -0.4 is 10.9 Å². The van der Waals surface area contributed by atoms with Gasteiger partial charge < -0.3 is 15.2 Å². The van der Waals surface area contributed by atoms with Crippen LogP contribution in [0.1, 0.15) is 28.9 Å². The third-order valence-electron chi connectivity index (χ3n) is 5.87. The highest BCUT2D eigenvalue weighted by atomic mass is 16.1. The summed E-state index contributed by atoms with van der Waals surface area (Å²) in [7, 11) is 0. The van der Waals surface area contributed by atoms with Crippen LogP contribution in [-0.2, 0) is 13.1 Å². The first kappa shape index (κ1) is 19.4. The smallest absolute Gasteiger partial charge is 0.274 e. The molecule has 8 nitrogen and oxygen atoms in total. The lowest BCUT2D eigenvalue weighted by atomic mass is 10.1. The Kier molecular flexibility index (Phi) is 5.21. The summed E-state index contributed by atoms with van der Waals surface area (Å²) in [5, 5.41) is 8.96. The highest BCUT2D eigenvalue weighted by Gasteiger charge is 2.15. The number of H-pyrrole nitrogens is 1. The molecule has 1 saturated heterocycles. The zero-order valence-corrected chi connectivity index (χ0v) is 17.2. The van der Waals surface area contributed by atoms with E-state index in [2.05, 4.69) is 25.3 Å². The molecule has 1 fully saturated rings. The van der Waals surface area contributed by atoms with Crippen molar-refractivity contribution in [3.8, 4) is 0 Å². The van der Waals surface area contributed by atoms with Crippen LogP contribution in [-0.4, -0.2) is 50.2 Å². The van der Waals surface area contributed by atoms with Gasteiger partial charge >= 0.3 is 0 Å². The first-order valence-electron chi connectivity index (χ1n) is 10.6. The standard InChI is InChI=1S/C23H24N6O2/c30-22(16-7-8-19-20(13-16)26-15-25-19)24-14-21-17-5-1-2-6-18(17)23(31)29(27-21)12-11-28-9-3-4-10-28/h1-2,5-8,13,15H,3-4,9-12,14H2,(H,24,30)(H,25,26). The minimum Gasteiger partial charge on any atom is -0.346 e. The van der Waals surface area contributed by atoms with Gasteiger partial charge in [0.25, 0.3) is 11.5 Å². The van der Waals surface area contributed by atoms with Crippen LogP contribution in [0, 0.1) is 0 Å². The van der Waals surface area contributed by atoms with Crippen molar-refractivity contribution in [2.45, 2.75) is 25.9 Å². The lowest BCUT2D eigenvalue weighted by Gasteiger charge is -2.16.